The fourth-order valence-electron chi connectivity index (χ4n) is 3.07. The summed E-state index contributed by atoms with van der Waals surface area (Å²) in [7, 11) is 0. The van der Waals surface area contributed by atoms with Crippen LogP contribution in [0.2, 0.25) is 5.02 Å². The summed E-state index contributed by atoms with van der Waals surface area (Å²) >= 11 is 9.03. The molecule has 0 spiro atoms. The molecule has 0 fully saturated rings. The van der Waals surface area contributed by atoms with Gasteiger partial charge >= 0.3 is 0 Å². The Morgan fingerprint density at radius 3 is 2.69 bits per heavy atom. The molecule has 32 heavy (non-hydrogen) atoms. The van der Waals surface area contributed by atoms with Gasteiger partial charge in [0.15, 0.2) is 5.13 Å². The number of anilines is 3. The maximum absolute atomic E-state index is 13.8. The average Bonchev–Trinajstić information content (AvgIpc) is 3.37. The zero-order chi connectivity index (χ0) is 22.7. The Labute approximate surface area is 199 Å². The van der Waals surface area contributed by atoms with Crippen molar-refractivity contribution < 1.29 is 4.39 Å². The molecule has 0 aliphatic rings. The van der Waals surface area contributed by atoms with Gasteiger partial charge in [0.05, 0.1) is 27.0 Å². The number of benzene rings is 1. The van der Waals surface area contributed by atoms with Gasteiger partial charge in [-0.3, -0.25) is 0 Å². The highest BCUT2D eigenvalue weighted by molar-refractivity contribution is 7.17. The Balaban J connectivity index is 1.34. The number of rotatable bonds is 8. The number of aryl methyl sites for hydroxylation is 1. The number of hydrogen-bond donors (Lipinski definition) is 2. The Hall–Kier alpha value is -2.55. The minimum Gasteiger partial charge on any atom is -0.382 e. The van der Waals surface area contributed by atoms with E-state index >= 15 is 0 Å². The maximum Gasteiger partial charge on any atom is 0.188 e. The van der Waals surface area contributed by atoms with E-state index in [9.17, 15) is 4.39 Å². The zero-order valence-electron chi connectivity index (χ0n) is 17.9. The number of pyridine rings is 1. The molecule has 0 atom stereocenters. The summed E-state index contributed by atoms with van der Waals surface area (Å²) < 4.78 is 13.8. The van der Waals surface area contributed by atoms with Gasteiger partial charge in [0.25, 0.3) is 0 Å². The van der Waals surface area contributed by atoms with E-state index in [4.69, 9.17) is 16.6 Å². The Morgan fingerprint density at radius 1 is 1.16 bits per heavy atom. The summed E-state index contributed by atoms with van der Waals surface area (Å²) in [5.41, 5.74) is 3.46. The summed E-state index contributed by atoms with van der Waals surface area (Å²) in [6.07, 6.45) is 2.54. The van der Waals surface area contributed by atoms with Gasteiger partial charge in [0, 0.05) is 29.1 Å². The van der Waals surface area contributed by atoms with Crippen molar-refractivity contribution >= 4 is 50.9 Å². The van der Waals surface area contributed by atoms with Crippen molar-refractivity contribution in [1.29, 1.82) is 0 Å². The number of aromatic nitrogens is 3. The summed E-state index contributed by atoms with van der Waals surface area (Å²) in [6, 6.07) is 8.54. The Morgan fingerprint density at radius 2 is 2.00 bits per heavy atom. The molecule has 3 heterocycles. The van der Waals surface area contributed by atoms with Gasteiger partial charge in [-0.2, -0.15) is 0 Å². The van der Waals surface area contributed by atoms with Crippen molar-refractivity contribution in [2.45, 2.75) is 33.1 Å². The predicted molar refractivity (Wildman–Crippen MR) is 133 cm³/mol. The van der Waals surface area contributed by atoms with Crippen molar-refractivity contribution in [2.24, 2.45) is 0 Å². The van der Waals surface area contributed by atoms with E-state index < -0.39 is 0 Å². The largest absolute Gasteiger partial charge is 0.382 e. The van der Waals surface area contributed by atoms with Crippen LogP contribution in [0.5, 0.6) is 0 Å². The van der Waals surface area contributed by atoms with Gasteiger partial charge in [-0.15, -0.1) is 22.7 Å². The van der Waals surface area contributed by atoms with Crippen LogP contribution in [0, 0.1) is 12.7 Å². The van der Waals surface area contributed by atoms with Crippen LogP contribution in [0.15, 0.2) is 41.9 Å². The third-order valence-corrected chi connectivity index (χ3v) is 7.24. The van der Waals surface area contributed by atoms with E-state index in [1.165, 1.54) is 6.07 Å². The van der Waals surface area contributed by atoms with Crippen LogP contribution in [0.3, 0.4) is 0 Å². The monoisotopic (exact) mass is 487 g/mol. The number of nitrogens with one attached hydrogen (secondary N) is 2. The van der Waals surface area contributed by atoms with Crippen molar-refractivity contribution in [3.05, 3.63) is 69.0 Å². The SMILES string of the molecule is Cc1nc(C(C)C)sc1-c1csc(Nc2ccc(CCNc3ccc(Cl)cc3F)cn2)n1. The molecule has 9 heteroatoms. The van der Waals surface area contributed by atoms with Crippen LogP contribution in [0.1, 0.15) is 36.0 Å². The van der Waals surface area contributed by atoms with Crippen LogP contribution in [0.25, 0.3) is 10.6 Å². The molecular formula is C23H23ClFN5S2. The molecule has 5 nitrogen and oxygen atoms in total. The second-order valence-corrected chi connectivity index (χ2v) is 9.96. The van der Waals surface area contributed by atoms with Crippen molar-refractivity contribution in [3.8, 4) is 10.6 Å². The molecule has 0 saturated carbocycles. The van der Waals surface area contributed by atoms with E-state index in [-0.39, 0.29) is 5.82 Å². The first kappa shape index (κ1) is 22.6. The predicted octanol–water partition coefficient (Wildman–Crippen LogP) is 7.28. The van der Waals surface area contributed by atoms with Crippen LogP contribution < -0.4 is 10.6 Å². The normalized spacial score (nSPS) is 11.2. The van der Waals surface area contributed by atoms with Crippen molar-refractivity contribution in [3.63, 3.8) is 0 Å². The summed E-state index contributed by atoms with van der Waals surface area (Å²) in [6.45, 7) is 6.92. The average molecular weight is 488 g/mol. The molecule has 1 aromatic carbocycles. The third-order valence-electron chi connectivity index (χ3n) is 4.76. The quantitative estimate of drug-likeness (QED) is 0.273. The van der Waals surface area contributed by atoms with E-state index in [0.29, 0.717) is 23.2 Å². The standard InChI is InChI=1S/C23H23ClFN5S2/c1-13(2)22-28-14(3)21(32-22)19-12-31-23(29-19)30-20-7-4-15(11-27-20)8-9-26-18-6-5-16(24)10-17(18)25/h4-7,10-13,26H,8-9H2,1-3H3,(H,27,29,30). The zero-order valence-corrected chi connectivity index (χ0v) is 20.3. The molecule has 0 bridgehead atoms. The maximum atomic E-state index is 13.8. The highest BCUT2D eigenvalue weighted by Crippen LogP contribution is 2.35. The molecular weight excluding hydrogens is 465 g/mol. The minimum absolute atomic E-state index is 0.355. The number of nitrogens with zero attached hydrogens (tertiary/aromatic N) is 3. The molecule has 0 aliphatic carbocycles. The number of hydrogen-bond acceptors (Lipinski definition) is 7. The van der Waals surface area contributed by atoms with Crippen molar-refractivity contribution in [1.82, 2.24) is 15.0 Å². The fourth-order valence-corrected chi connectivity index (χ4v) is 5.04. The highest BCUT2D eigenvalue weighted by atomic mass is 35.5. The molecule has 3 aromatic heterocycles. The first-order valence-electron chi connectivity index (χ1n) is 10.2. The van der Waals surface area contributed by atoms with E-state index in [2.05, 4.69) is 34.4 Å². The van der Waals surface area contributed by atoms with Gasteiger partial charge in [0.2, 0.25) is 0 Å². The molecule has 4 aromatic rings. The fraction of sp³-hybridized carbons (Fsp3) is 0.261. The van der Waals surface area contributed by atoms with E-state index in [1.54, 1.807) is 34.8 Å². The van der Waals surface area contributed by atoms with Crippen LogP contribution in [0.4, 0.5) is 21.0 Å². The molecule has 0 saturated heterocycles. The minimum atomic E-state index is -0.355. The molecule has 0 aliphatic heterocycles. The van der Waals surface area contributed by atoms with Crippen LogP contribution >= 0.6 is 34.3 Å². The van der Waals surface area contributed by atoms with E-state index in [1.807, 2.05) is 30.6 Å². The molecule has 166 valence electrons. The lowest BCUT2D eigenvalue weighted by Crippen LogP contribution is -2.06. The van der Waals surface area contributed by atoms with Gasteiger partial charge in [-0.05, 0) is 43.2 Å². The topological polar surface area (TPSA) is 62.7 Å². The van der Waals surface area contributed by atoms with Crippen molar-refractivity contribution in [2.75, 3.05) is 17.2 Å². The lowest BCUT2D eigenvalue weighted by Gasteiger charge is -2.08. The molecule has 0 radical (unpaired) electrons. The summed E-state index contributed by atoms with van der Waals surface area (Å²) in [4.78, 5) is 15.0. The highest BCUT2D eigenvalue weighted by Gasteiger charge is 2.15. The molecule has 0 amide bonds. The number of thiazole rings is 2. The van der Waals surface area contributed by atoms with Gasteiger partial charge < -0.3 is 10.6 Å². The second kappa shape index (κ2) is 9.94. The van der Waals surface area contributed by atoms with Crippen LogP contribution in [-0.2, 0) is 6.42 Å². The Kier molecular flexibility index (Phi) is 7.03. The lowest BCUT2D eigenvalue weighted by molar-refractivity contribution is 0.630. The van der Waals surface area contributed by atoms with Crippen LogP contribution in [-0.4, -0.2) is 21.5 Å². The smallest absolute Gasteiger partial charge is 0.188 e. The first-order valence-corrected chi connectivity index (χ1v) is 12.3. The summed E-state index contributed by atoms with van der Waals surface area (Å²) in [5.74, 6) is 0.786. The van der Waals surface area contributed by atoms with Gasteiger partial charge in [0.1, 0.15) is 11.6 Å². The Bertz CT molecular complexity index is 1200. The van der Waals surface area contributed by atoms with Gasteiger partial charge in [-0.1, -0.05) is 31.5 Å². The molecule has 2 N–H and O–H groups in total. The second-order valence-electron chi connectivity index (χ2n) is 7.64. The number of halogens is 2. The molecule has 4 rings (SSSR count). The third kappa shape index (κ3) is 5.43. The molecule has 0 unspecified atom stereocenters. The summed E-state index contributed by atoms with van der Waals surface area (Å²) in [5, 5.41) is 10.7. The van der Waals surface area contributed by atoms with E-state index in [0.717, 1.165) is 44.2 Å². The first-order chi connectivity index (χ1) is 15.4. The van der Waals surface area contributed by atoms with Gasteiger partial charge in [-0.25, -0.2) is 19.3 Å². The lowest BCUT2D eigenvalue weighted by atomic mass is 10.2.